The first-order valence-corrected chi connectivity index (χ1v) is 6.07. The third-order valence-electron chi connectivity index (χ3n) is 3.48. The smallest absolute Gasteiger partial charge is 0.170 e. The summed E-state index contributed by atoms with van der Waals surface area (Å²) in [6.45, 7) is 1.88. The number of hydrogen-bond donors (Lipinski definition) is 4. The highest BCUT2D eigenvalue weighted by molar-refractivity contribution is 5.96. The molecule has 1 aromatic rings. The molecule has 1 aliphatic carbocycles. The second-order valence-corrected chi connectivity index (χ2v) is 4.94. The van der Waals surface area contributed by atoms with Crippen LogP contribution in [0.5, 0.6) is 0 Å². The van der Waals surface area contributed by atoms with Crippen molar-refractivity contribution in [3.63, 3.8) is 0 Å². The van der Waals surface area contributed by atoms with Gasteiger partial charge >= 0.3 is 0 Å². The number of hydrogen-bond acceptors (Lipinski definition) is 4. The van der Waals surface area contributed by atoms with Gasteiger partial charge in [0.05, 0.1) is 0 Å². The number of aliphatic hydroxyl groups is 1. The molecule has 0 aliphatic heterocycles. The van der Waals surface area contributed by atoms with E-state index in [0.717, 1.165) is 31.5 Å². The van der Waals surface area contributed by atoms with Crippen LogP contribution in [0.3, 0.4) is 0 Å². The molecule has 5 nitrogen and oxygen atoms in total. The Kier molecular flexibility index (Phi) is 3.84. The lowest BCUT2D eigenvalue weighted by atomic mass is 10.1. The van der Waals surface area contributed by atoms with Crippen molar-refractivity contribution in [2.45, 2.75) is 19.4 Å². The van der Waals surface area contributed by atoms with Crippen LogP contribution >= 0.6 is 0 Å². The Balaban J connectivity index is 1.83. The van der Waals surface area contributed by atoms with Crippen LogP contribution in [0.2, 0.25) is 0 Å². The Bertz CT molecular complexity index is 424. The van der Waals surface area contributed by atoms with Crippen LogP contribution in [0.1, 0.15) is 24.0 Å². The van der Waals surface area contributed by atoms with Gasteiger partial charge < -0.3 is 21.4 Å². The summed E-state index contributed by atoms with van der Waals surface area (Å²) in [6, 6.07) is 7.54. The molecule has 0 bridgehead atoms. The lowest BCUT2D eigenvalue weighted by Gasteiger charge is -2.12. The van der Waals surface area contributed by atoms with Crippen molar-refractivity contribution in [3.05, 3.63) is 35.4 Å². The summed E-state index contributed by atoms with van der Waals surface area (Å²) in [4.78, 5) is 0. The highest BCUT2D eigenvalue weighted by atomic mass is 16.4. The molecule has 1 aliphatic rings. The van der Waals surface area contributed by atoms with Crippen molar-refractivity contribution in [2.75, 3.05) is 13.2 Å². The van der Waals surface area contributed by atoms with E-state index in [1.54, 1.807) is 0 Å². The molecule has 0 atom stereocenters. The molecule has 0 heterocycles. The van der Waals surface area contributed by atoms with Gasteiger partial charge in [-0.1, -0.05) is 29.4 Å². The zero-order valence-corrected chi connectivity index (χ0v) is 10.3. The normalized spacial score (nSPS) is 17.7. The first kappa shape index (κ1) is 12.9. The first-order valence-electron chi connectivity index (χ1n) is 6.07. The molecule has 5 N–H and O–H groups in total. The summed E-state index contributed by atoms with van der Waals surface area (Å²) in [5, 5.41) is 24.0. The fraction of sp³-hybridized carbons (Fsp3) is 0.462. The molecular formula is C13H19N3O2. The molecule has 0 aromatic heterocycles. The van der Waals surface area contributed by atoms with Gasteiger partial charge in [0.1, 0.15) is 0 Å². The molecule has 0 radical (unpaired) electrons. The number of oxime groups is 1. The second-order valence-electron chi connectivity index (χ2n) is 4.94. The molecule has 0 unspecified atom stereocenters. The lowest BCUT2D eigenvalue weighted by molar-refractivity contribution is 0.207. The molecule has 1 saturated carbocycles. The molecule has 0 saturated heterocycles. The number of nitrogens with one attached hydrogen (secondary N) is 1. The minimum atomic E-state index is 0.117. The number of benzene rings is 1. The third kappa shape index (κ3) is 3.00. The Morgan fingerprint density at radius 1 is 1.33 bits per heavy atom. The number of nitrogens with zero attached hydrogens (tertiary/aromatic N) is 1. The van der Waals surface area contributed by atoms with Gasteiger partial charge in [0, 0.05) is 30.7 Å². The second kappa shape index (κ2) is 5.37. The largest absolute Gasteiger partial charge is 0.409 e. The van der Waals surface area contributed by atoms with E-state index in [1.807, 2.05) is 24.3 Å². The van der Waals surface area contributed by atoms with E-state index in [1.165, 1.54) is 0 Å². The maximum atomic E-state index is 9.19. The van der Waals surface area contributed by atoms with Crippen LogP contribution in [0, 0.1) is 5.41 Å². The fourth-order valence-electron chi connectivity index (χ4n) is 1.89. The van der Waals surface area contributed by atoms with Crippen LogP contribution < -0.4 is 11.1 Å². The summed E-state index contributed by atoms with van der Waals surface area (Å²) in [5.41, 5.74) is 7.46. The van der Waals surface area contributed by atoms with Crippen LogP contribution in [0.25, 0.3) is 0 Å². The fourth-order valence-corrected chi connectivity index (χ4v) is 1.89. The summed E-state index contributed by atoms with van der Waals surface area (Å²) in [7, 11) is 0. The highest BCUT2D eigenvalue weighted by Crippen LogP contribution is 2.44. The quantitative estimate of drug-likeness (QED) is 0.258. The third-order valence-corrected chi connectivity index (χ3v) is 3.48. The lowest BCUT2D eigenvalue weighted by Crippen LogP contribution is -2.26. The number of nitrogens with two attached hydrogens (primary N) is 1. The van der Waals surface area contributed by atoms with Gasteiger partial charge in [-0.25, -0.2) is 0 Å². The van der Waals surface area contributed by atoms with E-state index in [9.17, 15) is 5.11 Å². The number of aliphatic hydroxyl groups excluding tert-OH is 1. The average Bonchev–Trinajstić information content (AvgIpc) is 3.19. The minimum absolute atomic E-state index is 0.117. The van der Waals surface area contributed by atoms with Gasteiger partial charge in [0.15, 0.2) is 5.84 Å². The van der Waals surface area contributed by atoms with Crippen LogP contribution in [-0.2, 0) is 6.54 Å². The Labute approximate surface area is 106 Å². The van der Waals surface area contributed by atoms with E-state index < -0.39 is 0 Å². The van der Waals surface area contributed by atoms with E-state index in [-0.39, 0.29) is 17.9 Å². The van der Waals surface area contributed by atoms with Crippen molar-refractivity contribution < 1.29 is 10.3 Å². The molecule has 2 rings (SSSR count). The topological polar surface area (TPSA) is 90.9 Å². The van der Waals surface area contributed by atoms with Gasteiger partial charge in [0.25, 0.3) is 0 Å². The van der Waals surface area contributed by atoms with Crippen molar-refractivity contribution in [1.29, 1.82) is 0 Å². The van der Waals surface area contributed by atoms with Gasteiger partial charge in [-0.3, -0.25) is 0 Å². The highest BCUT2D eigenvalue weighted by Gasteiger charge is 2.41. The Morgan fingerprint density at radius 3 is 2.50 bits per heavy atom. The predicted molar refractivity (Wildman–Crippen MR) is 69.4 cm³/mol. The Hall–Kier alpha value is -1.59. The SMILES string of the molecule is N/C(=N/O)c1ccc(CNCC2(CO)CC2)cc1. The standard InChI is InChI=1S/C13H19N3O2/c14-12(16-18)11-3-1-10(2-4-11)7-15-8-13(9-17)5-6-13/h1-4,15,17-18H,5-9H2,(H2,14,16). The number of rotatable bonds is 6. The summed E-state index contributed by atoms with van der Waals surface area (Å²) < 4.78 is 0. The van der Waals surface area contributed by atoms with Crippen molar-refractivity contribution >= 4 is 5.84 Å². The summed E-state index contributed by atoms with van der Waals surface area (Å²) in [5.74, 6) is 0.117. The minimum Gasteiger partial charge on any atom is -0.409 e. The molecule has 0 spiro atoms. The van der Waals surface area contributed by atoms with Crippen LogP contribution in [0.4, 0.5) is 0 Å². The number of amidine groups is 1. The monoisotopic (exact) mass is 249 g/mol. The molecular weight excluding hydrogens is 230 g/mol. The maximum absolute atomic E-state index is 9.19. The maximum Gasteiger partial charge on any atom is 0.170 e. The zero-order chi connectivity index (χ0) is 13.0. The molecule has 5 heteroatoms. The van der Waals surface area contributed by atoms with Crippen molar-refractivity contribution in [1.82, 2.24) is 5.32 Å². The van der Waals surface area contributed by atoms with Gasteiger partial charge in [-0.2, -0.15) is 0 Å². The summed E-state index contributed by atoms with van der Waals surface area (Å²) >= 11 is 0. The van der Waals surface area contributed by atoms with Gasteiger partial charge in [0.2, 0.25) is 0 Å². The van der Waals surface area contributed by atoms with Crippen LogP contribution in [-0.4, -0.2) is 29.3 Å². The van der Waals surface area contributed by atoms with E-state index in [0.29, 0.717) is 5.56 Å². The van der Waals surface area contributed by atoms with Gasteiger partial charge in [-0.15, -0.1) is 0 Å². The molecule has 1 fully saturated rings. The first-order chi connectivity index (χ1) is 8.69. The van der Waals surface area contributed by atoms with E-state index in [4.69, 9.17) is 10.9 Å². The summed E-state index contributed by atoms with van der Waals surface area (Å²) in [6.07, 6.45) is 2.22. The zero-order valence-electron chi connectivity index (χ0n) is 10.3. The molecule has 98 valence electrons. The van der Waals surface area contributed by atoms with Crippen LogP contribution in [0.15, 0.2) is 29.4 Å². The van der Waals surface area contributed by atoms with Crippen molar-refractivity contribution in [3.8, 4) is 0 Å². The molecule has 18 heavy (non-hydrogen) atoms. The van der Waals surface area contributed by atoms with E-state index >= 15 is 0 Å². The predicted octanol–water partition coefficient (Wildman–Crippen LogP) is 0.643. The molecule has 0 amide bonds. The van der Waals surface area contributed by atoms with E-state index in [2.05, 4.69) is 10.5 Å². The molecule has 1 aromatic carbocycles. The average molecular weight is 249 g/mol. The Morgan fingerprint density at radius 2 is 2.00 bits per heavy atom. The van der Waals surface area contributed by atoms with Gasteiger partial charge in [-0.05, 0) is 18.4 Å². The van der Waals surface area contributed by atoms with Crippen molar-refractivity contribution in [2.24, 2.45) is 16.3 Å².